The lowest BCUT2D eigenvalue weighted by Gasteiger charge is -2.24. The number of rotatable bonds is 4. The van der Waals surface area contributed by atoms with Crippen LogP contribution in [0.4, 0.5) is 0 Å². The van der Waals surface area contributed by atoms with E-state index in [-0.39, 0.29) is 12.5 Å². The van der Waals surface area contributed by atoms with Crippen LogP contribution < -0.4 is 5.32 Å². The normalized spacial score (nSPS) is 16.9. The highest BCUT2D eigenvalue weighted by Gasteiger charge is 2.41. The van der Waals surface area contributed by atoms with E-state index in [9.17, 15) is 14.7 Å². The molecule has 0 aromatic heterocycles. The summed E-state index contributed by atoms with van der Waals surface area (Å²) in [5.74, 6) is -0.990. The van der Waals surface area contributed by atoms with Gasteiger partial charge < -0.3 is 10.4 Å². The van der Waals surface area contributed by atoms with Crippen LogP contribution in [0.15, 0.2) is 18.2 Å². The predicted molar refractivity (Wildman–Crippen MR) is 76.8 cm³/mol. The molecule has 1 aliphatic carbocycles. The maximum atomic E-state index is 12.1. The Labute approximate surface area is 119 Å². The zero-order chi connectivity index (χ0) is 14.8. The Bertz CT molecular complexity index is 531. The minimum atomic E-state index is -0.796. The van der Waals surface area contributed by atoms with E-state index in [0.717, 1.165) is 24.0 Å². The Morgan fingerprint density at radius 3 is 2.40 bits per heavy atom. The van der Waals surface area contributed by atoms with Crippen LogP contribution in [0.1, 0.15) is 47.2 Å². The number of amides is 1. The van der Waals surface area contributed by atoms with Crippen molar-refractivity contribution in [1.29, 1.82) is 0 Å². The first-order chi connectivity index (χ1) is 9.44. The van der Waals surface area contributed by atoms with Crippen LogP contribution in [0.25, 0.3) is 0 Å². The lowest BCUT2D eigenvalue weighted by atomic mass is 9.86. The molecule has 0 bridgehead atoms. The van der Waals surface area contributed by atoms with Crippen molar-refractivity contribution >= 4 is 11.9 Å². The number of aliphatic carboxylic acids is 1. The van der Waals surface area contributed by atoms with Crippen LogP contribution in [-0.2, 0) is 4.79 Å². The van der Waals surface area contributed by atoms with E-state index in [0.29, 0.717) is 18.4 Å². The third-order valence-corrected chi connectivity index (χ3v) is 4.37. The van der Waals surface area contributed by atoms with Crippen LogP contribution in [0.3, 0.4) is 0 Å². The summed E-state index contributed by atoms with van der Waals surface area (Å²) in [4.78, 5) is 23.5. The molecule has 108 valence electrons. The molecule has 0 aliphatic heterocycles. The molecule has 1 saturated carbocycles. The van der Waals surface area contributed by atoms with Crippen LogP contribution in [0.2, 0.25) is 0 Å². The van der Waals surface area contributed by atoms with E-state index >= 15 is 0 Å². The number of carboxylic acids is 1. The van der Waals surface area contributed by atoms with Crippen molar-refractivity contribution in [2.75, 3.05) is 6.54 Å². The Balaban J connectivity index is 2.04. The zero-order valence-electron chi connectivity index (χ0n) is 12.0. The van der Waals surface area contributed by atoms with Gasteiger partial charge in [0.25, 0.3) is 5.91 Å². The summed E-state index contributed by atoms with van der Waals surface area (Å²) >= 11 is 0. The maximum absolute atomic E-state index is 12.1. The standard InChI is InChI=1S/C16H21NO3/c1-11-5-6-13(9-12(11)2)14(18)17-10-16(15(19)20)7-3-4-8-16/h5-6,9H,3-4,7-8,10H2,1-2H3,(H,17,18)(H,19,20). The second-order valence-corrected chi connectivity index (χ2v) is 5.77. The fourth-order valence-electron chi connectivity index (χ4n) is 2.75. The van der Waals surface area contributed by atoms with E-state index in [1.165, 1.54) is 0 Å². The molecule has 4 heteroatoms. The first-order valence-corrected chi connectivity index (χ1v) is 7.03. The van der Waals surface area contributed by atoms with Gasteiger partial charge in [-0.15, -0.1) is 0 Å². The smallest absolute Gasteiger partial charge is 0.311 e. The van der Waals surface area contributed by atoms with E-state index < -0.39 is 11.4 Å². The predicted octanol–water partition coefficient (Wildman–Crippen LogP) is 2.68. The summed E-state index contributed by atoms with van der Waals surface area (Å²) in [6, 6.07) is 5.53. The highest BCUT2D eigenvalue weighted by molar-refractivity contribution is 5.94. The molecule has 2 rings (SSSR count). The maximum Gasteiger partial charge on any atom is 0.311 e. The fourth-order valence-corrected chi connectivity index (χ4v) is 2.75. The SMILES string of the molecule is Cc1ccc(C(=O)NCC2(C(=O)O)CCCC2)cc1C. The molecule has 20 heavy (non-hydrogen) atoms. The molecule has 0 radical (unpaired) electrons. The number of nitrogens with one attached hydrogen (secondary N) is 1. The van der Waals surface area contributed by atoms with Crippen molar-refractivity contribution in [1.82, 2.24) is 5.32 Å². The lowest BCUT2D eigenvalue weighted by molar-refractivity contribution is -0.148. The average molecular weight is 275 g/mol. The first kappa shape index (κ1) is 14.6. The van der Waals surface area contributed by atoms with Gasteiger partial charge in [-0.25, -0.2) is 0 Å². The molecule has 4 nitrogen and oxygen atoms in total. The van der Waals surface area contributed by atoms with Gasteiger partial charge in [-0.1, -0.05) is 18.9 Å². The van der Waals surface area contributed by atoms with Crippen molar-refractivity contribution in [3.63, 3.8) is 0 Å². The van der Waals surface area contributed by atoms with E-state index in [2.05, 4.69) is 5.32 Å². The molecule has 0 spiro atoms. The molecule has 0 saturated heterocycles. The molecule has 0 unspecified atom stereocenters. The van der Waals surface area contributed by atoms with Gasteiger partial charge in [0.2, 0.25) is 0 Å². The van der Waals surface area contributed by atoms with Crippen LogP contribution in [-0.4, -0.2) is 23.5 Å². The Morgan fingerprint density at radius 2 is 1.85 bits per heavy atom. The molecule has 1 aromatic carbocycles. The van der Waals surface area contributed by atoms with Crippen molar-refractivity contribution in [3.8, 4) is 0 Å². The molecule has 1 aromatic rings. The second kappa shape index (κ2) is 5.65. The third kappa shape index (κ3) is 2.84. The summed E-state index contributed by atoms with van der Waals surface area (Å²) in [6.45, 7) is 4.17. The molecular formula is C16H21NO3. The van der Waals surface area contributed by atoms with Crippen molar-refractivity contribution in [2.45, 2.75) is 39.5 Å². The molecule has 0 atom stereocenters. The van der Waals surface area contributed by atoms with Gasteiger partial charge in [0.1, 0.15) is 0 Å². The summed E-state index contributed by atoms with van der Waals surface area (Å²) in [5, 5.41) is 12.2. The minimum Gasteiger partial charge on any atom is -0.481 e. The van der Waals surface area contributed by atoms with Gasteiger partial charge in [0.15, 0.2) is 0 Å². The largest absolute Gasteiger partial charge is 0.481 e. The van der Waals surface area contributed by atoms with Crippen molar-refractivity contribution < 1.29 is 14.7 Å². The number of hydrogen-bond acceptors (Lipinski definition) is 2. The number of benzene rings is 1. The fraction of sp³-hybridized carbons (Fsp3) is 0.500. The topological polar surface area (TPSA) is 66.4 Å². The van der Waals surface area contributed by atoms with Gasteiger partial charge in [-0.3, -0.25) is 9.59 Å². The van der Waals surface area contributed by atoms with E-state index in [1.54, 1.807) is 6.07 Å². The van der Waals surface area contributed by atoms with Gasteiger partial charge in [0, 0.05) is 12.1 Å². The monoisotopic (exact) mass is 275 g/mol. The molecular weight excluding hydrogens is 254 g/mol. The van der Waals surface area contributed by atoms with Crippen LogP contribution in [0.5, 0.6) is 0 Å². The number of aryl methyl sites for hydroxylation is 2. The van der Waals surface area contributed by atoms with Gasteiger partial charge >= 0.3 is 5.97 Å². The molecule has 0 heterocycles. The average Bonchev–Trinajstić information content (AvgIpc) is 2.89. The lowest BCUT2D eigenvalue weighted by Crippen LogP contribution is -2.41. The van der Waals surface area contributed by atoms with Gasteiger partial charge in [0.05, 0.1) is 5.41 Å². The molecule has 1 aliphatic rings. The van der Waals surface area contributed by atoms with Gasteiger partial charge in [-0.2, -0.15) is 0 Å². The van der Waals surface area contributed by atoms with Gasteiger partial charge in [-0.05, 0) is 49.9 Å². The Hall–Kier alpha value is -1.84. The number of carbonyl (C=O) groups excluding carboxylic acids is 1. The summed E-state index contributed by atoms with van der Waals surface area (Å²) in [7, 11) is 0. The van der Waals surface area contributed by atoms with E-state index in [1.807, 2.05) is 26.0 Å². The Kier molecular flexibility index (Phi) is 4.12. The van der Waals surface area contributed by atoms with Crippen LogP contribution in [0, 0.1) is 19.3 Å². The second-order valence-electron chi connectivity index (χ2n) is 5.77. The van der Waals surface area contributed by atoms with Crippen molar-refractivity contribution in [2.24, 2.45) is 5.41 Å². The molecule has 1 fully saturated rings. The van der Waals surface area contributed by atoms with E-state index in [4.69, 9.17) is 0 Å². The van der Waals surface area contributed by atoms with Crippen LogP contribution >= 0.6 is 0 Å². The summed E-state index contributed by atoms with van der Waals surface area (Å²) in [5.41, 5.74) is 2.02. The highest BCUT2D eigenvalue weighted by Crippen LogP contribution is 2.37. The minimum absolute atomic E-state index is 0.194. The zero-order valence-corrected chi connectivity index (χ0v) is 12.0. The Morgan fingerprint density at radius 1 is 1.20 bits per heavy atom. The number of hydrogen-bond donors (Lipinski definition) is 2. The van der Waals surface area contributed by atoms with Crippen molar-refractivity contribution in [3.05, 3.63) is 34.9 Å². The third-order valence-electron chi connectivity index (χ3n) is 4.37. The molecule has 2 N–H and O–H groups in total. The summed E-state index contributed by atoms with van der Waals surface area (Å²) in [6.07, 6.45) is 3.14. The highest BCUT2D eigenvalue weighted by atomic mass is 16.4. The number of carbonyl (C=O) groups is 2. The first-order valence-electron chi connectivity index (χ1n) is 7.03. The quantitative estimate of drug-likeness (QED) is 0.887. The number of carboxylic acid groups (broad SMARTS) is 1. The summed E-state index contributed by atoms with van der Waals surface area (Å²) < 4.78 is 0. The molecule has 1 amide bonds.